The summed E-state index contributed by atoms with van der Waals surface area (Å²) >= 11 is 0. The Hall–Kier alpha value is -2.04. The molecule has 1 aromatic rings. The van der Waals surface area contributed by atoms with Gasteiger partial charge >= 0.3 is 5.97 Å². The smallest absolute Gasteiger partial charge is 0.337 e. The number of methoxy groups -OCH3 is 1. The van der Waals surface area contributed by atoms with E-state index >= 15 is 0 Å². The summed E-state index contributed by atoms with van der Waals surface area (Å²) in [5, 5.41) is 3.04. The molecule has 5 nitrogen and oxygen atoms in total. The third-order valence-corrected chi connectivity index (χ3v) is 3.91. The lowest BCUT2D eigenvalue weighted by molar-refractivity contribution is -0.128. The van der Waals surface area contributed by atoms with Crippen LogP contribution in [0.1, 0.15) is 49.4 Å². The molecule has 5 heteroatoms. The highest BCUT2D eigenvalue weighted by Crippen LogP contribution is 2.18. The van der Waals surface area contributed by atoms with Gasteiger partial charge in [-0.2, -0.15) is 0 Å². The van der Waals surface area contributed by atoms with Crippen LogP contribution in [0.15, 0.2) is 24.3 Å². The van der Waals surface area contributed by atoms with Crippen molar-refractivity contribution in [2.75, 3.05) is 7.11 Å². The highest BCUT2D eigenvalue weighted by Gasteiger charge is 2.20. The molecule has 0 aromatic heterocycles. The van der Waals surface area contributed by atoms with Crippen molar-refractivity contribution in [3.8, 4) is 5.75 Å². The molecule has 0 radical (unpaired) electrons. The number of hydrogen-bond acceptors (Lipinski definition) is 4. The highest BCUT2D eigenvalue weighted by atomic mass is 16.5. The number of nitrogens with one attached hydrogen (secondary N) is 1. The zero-order valence-corrected chi connectivity index (χ0v) is 13.1. The Balaban J connectivity index is 1.86. The maximum atomic E-state index is 12.1. The minimum Gasteiger partial charge on any atom is -0.481 e. The fourth-order valence-corrected chi connectivity index (χ4v) is 2.61. The maximum absolute atomic E-state index is 12.1. The molecule has 1 N–H and O–H groups in total. The summed E-state index contributed by atoms with van der Waals surface area (Å²) in [6.07, 6.45) is 5.14. The topological polar surface area (TPSA) is 64.6 Å². The van der Waals surface area contributed by atoms with Crippen molar-refractivity contribution in [1.29, 1.82) is 0 Å². The predicted molar refractivity (Wildman–Crippen MR) is 82.9 cm³/mol. The van der Waals surface area contributed by atoms with Crippen LogP contribution in [0, 0.1) is 0 Å². The fraction of sp³-hybridized carbons (Fsp3) is 0.529. The van der Waals surface area contributed by atoms with Crippen molar-refractivity contribution in [2.24, 2.45) is 0 Å². The van der Waals surface area contributed by atoms with Crippen LogP contribution in [-0.4, -0.2) is 31.1 Å². The minimum absolute atomic E-state index is 0.0936. The largest absolute Gasteiger partial charge is 0.481 e. The molecule has 0 aliphatic heterocycles. The van der Waals surface area contributed by atoms with Crippen LogP contribution in [0.3, 0.4) is 0 Å². The zero-order chi connectivity index (χ0) is 15.9. The van der Waals surface area contributed by atoms with E-state index in [2.05, 4.69) is 10.1 Å². The standard InChI is InChI=1S/C17H23NO4/c1-12(16(19)18-14-6-4-3-5-7-14)22-15-10-8-13(9-11-15)17(20)21-2/h8-12,14H,3-7H2,1-2H3,(H,18,19)/t12-/m1/s1. The molecule has 0 heterocycles. The average molecular weight is 305 g/mol. The molecule has 1 fully saturated rings. The average Bonchev–Trinajstić information content (AvgIpc) is 2.55. The minimum atomic E-state index is -0.564. The van der Waals surface area contributed by atoms with Crippen molar-refractivity contribution < 1.29 is 19.1 Å². The van der Waals surface area contributed by atoms with Gasteiger partial charge in [-0.05, 0) is 44.0 Å². The van der Waals surface area contributed by atoms with E-state index in [0.717, 1.165) is 12.8 Å². The second-order valence-electron chi connectivity index (χ2n) is 5.62. The van der Waals surface area contributed by atoms with Gasteiger partial charge in [0.1, 0.15) is 5.75 Å². The van der Waals surface area contributed by atoms with Gasteiger partial charge in [-0.25, -0.2) is 4.79 Å². The Morgan fingerprint density at radius 3 is 2.36 bits per heavy atom. The Labute approximate surface area is 131 Å². The number of rotatable bonds is 5. The SMILES string of the molecule is COC(=O)c1ccc(O[C@H](C)C(=O)NC2CCCCC2)cc1. The molecule has 0 bridgehead atoms. The highest BCUT2D eigenvalue weighted by molar-refractivity contribution is 5.89. The number of benzene rings is 1. The van der Waals surface area contributed by atoms with Crippen LogP contribution in [0.5, 0.6) is 5.75 Å². The molecule has 0 spiro atoms. The first-order chi connectivity index (χ1) is 10.6. The van der Waals surface area contributed by atoms with Crippen LogP contribution in [0.2, 0.25) is 0 Å². The van der Waals surface area contributed by atoms with Crippen molar-refractivity contribution in [2.45, 2.75) is 51.2 Å². The van der Waals surface area contributed by atoms with Gasteiger partial charge in [0.15, 0.2) is 6.10 Å². The lowest BCUT2D eigenvalue weighted by Gasteiger charge is -2.24. The van der Waals surface area contributed by atoms with E-state index in [4.69, 9.17) is 4.74 Å². The van der Waals surface area contributed by atoms with Crippen molar-refractivity contribution in [1.82, 2.24) is 5.32 Å². The number of carbonyl (C=O) groups excluding carboxylic acids is 2. The molecule has 1 amide bonds. The second-order valence-corrected chi connectivity index (χ2v) is 5.62. The predicted octanol–water partition coefficient (Wildman–Crippen LogP) is 2.69. The van der Waals surface area contributed by atoms with Crippen LogP contribution in [0.4, 0.5) is 0 Å². The van der Waals surface area contributed by atoms with Crippen LogP contribution >= 0.6 is 0 Å². The van der Waals surface area contributed by atoms with Gasteiger partial charge in [-0.3, -0.25) is 4.79 Å². The van der Waals surface area contributed by atoms with Gasteiger partial charge in [0, 0.05) is 6.04 Å². The van der Waals surface area contributed by atoms with E-state index in [-0.39, 0.29) is 11.9 Å². The van der Waals surface area contributed by atoms with E-state index in [1.54, 1.807) is 31.2 Å². The van der Waals surface area contributed by atoms with E-state index in [1.807, 2.05) is 0 Å². The Kier molecular flexibility index (Phi) is 5.81. The molecular formula is C17H23NO4. The normalized spacial score (nSPS) is 16.6. The van der Waals surface area contributed by atoms with E-state index in [9.17, 15) is 9.59 Å². The Morgan fingerprint density at radius 1 is 1.14 bits per heavy atom. The number of amides is 1. The summed E-state index contributed by atoms with van der Waals surface area (Å²) in [5.41, 5.74) is 0.453. The first-order valence-corrected chi connectivity index (χ1v) is 7.75. The monoisotopic (exact) mass is 305 g/mol. The lowest BCUT2D eigenvalue weighted by Crippen LogP contribution is -2.43. The van der Waals surface area contributed by atoms with Gasteiger partial charge in [0.05, 0.1) is 12.7 Å². The first kappa shape index (κ1) is 16.3. The molecule has 1 aliphatic carbocycles. The summed E-state index contributed by atoms with van der Waals surface area (Å²) < 4.78 is 10.3. The van der Waals surface area contributed by atoms with Crippen molar-refractivity contribution >= 4 is 11.9 Å². The Morgan fingerprint density at radius 2 is 1.77 bits per heavy atom. The van der Waals surface area contributed by atoms with E-state index in [1.165, 1.54) is 26.4 Å². The van der Waals surface area contributed by atoms with Gasteiger partial charge in [-0.1, -0.05) is 19.3 Å². The molecule has 2 rings (SSSR count). The molecule has 0 unspecified atom stereocenters. The molecule has 120 valence electrons. The summed E-state index contributed by atoms with van der Waals surface area (Å²) in [5.74, 6) is 0.0672. The van der Waals surface area contributed by atoms with E-state index in [0.29, 0.717) is 11.3 Å². The van der Waals surface area contributed by atoms with Crippen molar-refractivity contribution in [3.05, 3.63) is 29.8 Å². The van der Waals surface area contributed by atoms with Gasteiger partial charge < -0.3 is 14.8 Å². The van der Waals surface area contributed by atoms with Crippen LogP contribution in [-0.2, 0) is 9.53 Å². The molecule has 1 aliphatic rings. The summed E-state index contributed by atoms with van der Waals surface area (Å²) in [6, 6.07) is 6.83. The molecule has 1 aromatic carbocycles. The van der Waals surface area contributed by atoms with Crippen LogP contribution in [0.25, 0.3) is 0 Å². The fourth-order valence-electron chi connectivity index (χ4n) is 2.61. The Bertz CT molecular complexity index is 506. The van der Waals surface area contributed by atoms with Gasteiger partial charge in [-0.15, -0.1) is 0 Å². The van der Waals surface area contributed by atoms with Crippen molar-refractivity contribution in [3.63, 3.8) is 0 Å². The number of hydrogen-bond donors (Lipinski definition) is 1. The summed E-state index contributed by atoms with van der Waals surface area (Å²) in [6.45, 7) is 1.73. The summed E-state index contributed by atoms with van der Waals surface area (Å²) in [7, 11) is 1.34. The lowest BCUT2D eigenvalue weighted by atomic mass is 9.95. The number of carbonyl (C=O) groups is 2. The summed E-state index contributed by atoms with van der Waals surface area (Å²) in [4.78, 5) is 23.5. The molecule has 0 saturated heterocycles. The quantitative estimate of drug-likeness (QED) is 0.850. The molecule has 1 atom stereocenters. The number of ether oxygens (including phenoxy) is 2. The van der Waals surface area contributed by atoms with Gasteiger partial charge in [0.25, 0.3) is 5.91 Å². The molecular weight excluding hydrogens is 282 g/mol. The zero-order valence-electron chi connectivity index (χ0n) is 13.1. The van der Waals surface area contributed by atoms with E-state index < -0.39 is 12.1 Å². The first-order valence-electron chi connectivity index (χ1n) is 7.75. The van der Waals surface area contributed by atoms with Gasteiger partial charge in [0.2, 0.25) is 0 Å². The molecule has 1 saturated carbocycles. The third-order valence-electron chi connectivity index (χ3n) is 3.91. The third kappa shape index (κ3) is 4.48. The number of esters is 1. The second kappa shape index (κ2) is 7.82. The molecule has 22 heavy (non-hydrogen) atoms. The van der Waals surface area contributed by atoms with Crippen LogP contribution < -0.4 is 10.1 Å². The maximum Gasteiger partial charge on any atom is 0.337 e.